The summed E-state index contributed by atoms with van der Waals surface area (Å²) in [5.41, 5.74) is 7.18. The number of rotatable bonds is 0. The average molecular weight is 157 g/mol. The predicted molar refractivity (Wildman–Crippen MR) is 39.7 cm³/mol. The molecule has 0 fully saturated rings. The van der Waals surface area contributed by atoms with Crippen molar-refractivity contribution in [1.29, 1.82) is 0 Å². The van der Waals surface area contributed by atoms with Crippen LogP contribution in [0.3, 0.4) is 0 Å². The lowest BCUT2D eigenvalue weighted by Gasteiger charge is -1.70. The molecule has 9 heavy (non-hydrogen) atoms. The first-order chi connectivity index (χ1) is 4.36. The Labute approximate surface area is 59.2 Å². The van der Waals surface area contributed by atoms with Crippen LogP contribution in [0.4, 0.5) is 5.13 Å². The fourth-order valence-corrected chi connectivity index (χ4v) is 2.13. The van der Waals surface area contributed by atoms with Gasteiger partial charge in [-0.2, -0.15) is 0 Å². The third-order valence-electron chi connectivity index (χ3n) is 0.930. The van der Waals surface area contributed by atoms with Crippen molar-refractivity contribution in [1.82, 2.24) is 9.97 Å². The minimum absolute atomic E-state index is 0.601. The van der Waals surface area contributed by atoms with Crippen molar-refractivity contribution in [2.45, 2.75) is 0 Å². The van der Waals surface area contributed by atoms with Crippen LogP contribution in [0.25, 0.3) is 9.66 Å². The molecule has 0 aromatic carbocycles. The normalized spacial score (nSPS) is 10.7. The summed E-state index contributed by atoms with van der Waals surface area (Å²) in [6.45, 7) is 0. The summed E-state index contributed by atoms with van der Waals surface area (Å²) in [5, 5.41) is 0.601. The van der Waals surface area contributed by atoms with Gasteiger partial charge in [-0.1, -0.05) is 11.3 Å². The molecule has 0 bridgehead atoms. The zero-order valence-corrected chi connectivity index (χ0v) is 6.00. The molecule has 2 heterocycles. The molecule has 0 unspecified atom stereocenters. The van der Waals surface area contributed by atoms with E-state index in [9.17, 15) is 0 Å². The Morgan fingerprint density at radius 2 is 2.33 bits per heavy atom. The number of fused-ring (bicyclic) bond motifs is 1. The molecule has 0 spiro atoms. The Balaban J connectivity index is 2.92. The minimum atomic E-state index is 0.601. The van der Waals surface area contributed by atoms with E-state index in [1.165, 1.54) is 22.7 Å². The molecule has 0 saturated carbocycles. The van der Waals surface area contributed by atoms with E-state index < -0.39 is 0 Å². The first-order valence-corrected chi connectivity index (χ1v) is 4.01. The summed E-state index contributed by atoms with van der Waals surface area (Å²) in [4.78, 5) is 9.94. The molecule has 5 heteroatoms. The van der Waals surface area contributed by atoms with Gasteiger partial charge in [-0.25, -0.2) is 9.97 Å². The molecule has 46 valence electrons. The van der Waals surface area contributed by atoms with Crippen molar-refractivity contribution in [3.8, 4) is 0 Å². The van der Waals surface area contributed by atoms with E-state index in [-0.39, 0.29) is 0 Å². The number of aromatic nitrogens is 2. The Kier molecular flexibility index (Phi) is 0.940. The van der Waals surface area contributed by atoms with Gasteiger partial charge in [-0.3, -0.25) is 0 Å². The molecule has 2 aromatic rings. The Hall–Kier alpha value is -0.680. The second kappa shape index (κ2) is 1.65. The van der Waals surface area contributed by atoms with Gasteiger partial charge in [0, 0.05) is 0 Å². The lowest BCUT2D eigenvalue weighted by molar-refractivity contribution is 1.51. The van der Waals surface area contributed by atoms with Gasteiger partial charge in [0.05, 0.1) is 5.51 Å². The first-order valence-electron chi connectivity index (χ1n) is 2.32. The van der Waals surface area contributed by atoms with Crippen LogP contribution >= 0.6 is 22.7 Å². The van der Waals surface area contributed by atoms with Crippen molar-refractivity contribution in [3.63, 3.8) is 0 Å². The van der Waals surface area contributed by atoms with Crippen molar-refractivity contribution >= 4 is 37.5 Å². The zero-order chi connectivity index (χ0) is 6.27. The van der Waals surface area contributed by atoms with Crippen molar-refractivity contribution < 1.29 is 0 Å². The third kappa shape index (κ3) is 0.691. The molecular formula is C4H3N3S2. The summed E-state index contributed by atoms with van der Waals surface area (Å²) >= 11 is 2.94. The fraction of sp³-hybridized carbons (Fsp3) is 0. The maximum atomic E-state index is 5.41. The van der Waals surface area contributed by atoms with Gasteiger partial charge in [-0.15, -0.1) is 11.3 Å². The van der Waals surface area contributed by atoms with Gasteiger partial charge in [0.2, 0.25) is 0 Å². The number of anilines is 1. The Bertz CT molecular complexity index is 295. The van der Waals surface area contributed by atoms with Crippen molar-refractivity contribution in [2.24, 2.45) is 0 Å². The van der Waals surface area contributed by atoms with Gasteiger partial charge in [0.25, 0.3) is 0 Å². The largest absolute Gasteiger partial charge is 0.375 e. The summed E-state index contributed by atoms with van der Waals surface area (Å²) < 4.78 is 0. The number of nitrogens with zero attached hydrogens (tertiary/aromatic N) is 2. The lowest BCUT2D eigenvalue weighted by atomic mass is 10.9. The molecule has 0 amide bonds. The van der Waals surface area contributed by atoms with E-state index in [2.05, 4.69) is 9.97 Å². The molecule has 0 atom stereocenters. The monoisotopic (exact) mass is 157 g/mol. The molecule has 2 N–H and O–H groups in total. The van der Waals surface area contributed by atoms with Gasteiger partial charge in [0.1, 0.15) is 0 Å². The molecule has 0 saturated heterocycles. The van der Waals surface area contributed by atoms with E-state index in [0.717, 1.165) is 9.66 Å². The Morgan fingerprint density at radius 3 is 3.11 bits per heavy atom. The topological polar surface area (TPSA) is 51.8 Å². The average Bonchev–Trinajstić information content (AvgIpc) is 2.22. The summed E-state index contributed by atoms with van der Waals surface area (Å²) in [6, 6.07) is 0. The van der Waals surface area contributed by atoms with Crippen molar-refractivity contribution in [3.05, 3.63) is 5.51 Å². The second-order valence-corrected chi connectivity index (χ2v) is 3.36. The second-order valence-electron chi connectivity index (χ2n) is 1.51. The maximum Gasteiger partial charge on any atom is 0.183 e. The Morgan fingerprint density at radius 1 is 1.44 bits per heavy atom. The molecular weight excluding hydrogens is 154 g/mol. The molecule has 0 aliphatic rings. The van der Waals surface area contributed by atoms with Crippen LogP contribution in [0, 0.1) is 0 Å². The first kappa shape index (κ1) is 5.13. The molecule has 3 nitrogen and oxygen atoms in total. The number of thiazole rings is 2. The van der Waals surface area contributed by atoms with Gasteiger partial charge >= 0.3 is 0 Å². The molecule has 0 aliphatic carbocycles. The van der Waals surface area contributed by atoms with Crippen LogP contribution in [0.1, 0.15) is 0 Å². The smallest absolute Gasteiger partial charge is 0.183 e. The van der Waals surface area contributed by atoms with Gasteiger partial charge < -0.3 is 5.73 Å². The lowest BCUT2D eigenvalue weighted by Crippen LogP contribution is -1.78. The van der Waals surface area contributed by atoms with E-state index in [4.69, 9.17) is 5.73 Å². The SMILES string of the molecule is Nc1nc2scnc2s1. The van der Waals surface area contributed by atoms with E-state index in [1.54, 1.807) is 5.51 Å². The molecule has 0 radical (unpaired) electrons. The van der Waals surface area contributed by atoms with E-state index in [1.807, 2.05) is 0 Å². The number of hydrogen-bond donors (Lipinski definition) is 1. The van der Waals surface area contributed by atoms with E-state index in [0.29, 0.717) is 5.13 Å². The highest BCUT2D eigenvalue weighted by atomic mass is 32.1. The standard InChI is InChI=1S/C4H3N3S2/c5-4-7-3-2(9-4)6-1-8-3/h1H,(H2,5,7). The number of nitrogen functional groups attached to an aromatic ring is 1. The molecule has 2 rings (SSSR count). The summed E-state index contributed by atoms with van der Waals surface area (Å²) in [7, 11) is 0. The quantitative estimate of drug-likeness (QED) is 0.627. The molecule has 2 aromatic heterocycles. The fourth-order valence-electron chi connectivity index (χ4n) is 0.596. The van der Waals surface area contributed by atoms with Crippen LogP contribution in [0.5, 0.6) is 0 Å². The van der Waals surface area contributed by atoms with Crippen LogP contribution in [-0.4, -0.2) is 9.97 Å². The predicted octanol–water partition coefficient (Wildman–Crippen LogP) is 1.33. The number of hydrogen-bond acceptors (Lipinski definition) is 5. The van der Waals surface area contributed by atoms with Gasteiger partial charge in [0.15, 0.2) is 14.8 Å². The molecule has 0 aliphatic heterocycles. The van der Waals surface area contributed by atoms with Crippen molar-refractivity contribution in [2.75, 3.05) is 5.73 Å². The highest BCUT2D eigenvalue weighted by molar-refractivity contribution is 7.27. The van der Waals surface area contributed by atoms with Crippen LogP contribution < -0.4 is 5.73 Å². The number of nitrogens with two attached hydrogens (primary N) is 1. The summed E-state index contributed by atoms with van der Waals surface area (Å²) in [5.74, 6) is 0. The highest BCUT2D eigenvalue weighted by Crippen LogP contribution is 2.24. The minimum Gasteiger partial charge on any atom is -0.375 e. The highest BCUT2D eigenvalue weighted by Gasteiger charge is 2.00. The zero-order valence-electron chi connectivity index (χ0n) is 4.37. The van der Waals surface area contributed by atoms with Crippen LogP contribution in [0.2, 0.25) is 0 Å². The van der Waals surface area contributed by atoms with Crippen LogP contribution in [-0.2, 0) is 0 Å². The van der Waals surface area contributed by atoms with Gasteiger partial charge in [-0.05, 0) is 0 Å². The summed E-state index contributed by atoms with van der Waals surface area (Å²) in [6.07, 6.45) is 0. The third-order valence-corrected chi connectivity index (χ3v) is 2.57. The maximum absolute atomic E-state index is 5.41. The van der Waals surface area contributed by atoms with Crippen LogP contribution in [0.15, 0.2) is 5.51 Å². The van der Waals surface area contributed by atoms with E-state index >= 15 is 0 Å².